The Balaban J connectivity index is 2.03. The van der Waals surface area contributed by atoms with Gasteiger partial charge in [0.1, 0.15) is 0 Å². The fourth-order valence-electron chi connectivity index (χ4n) is 2.44. The molecule has 1 atom stereocenters. The van der Waals surface area contributed by atoms with E-state index in [4.69, 9.17) is 5.11 Å². The third kappa shape index (κ3) is 3.66. The standard InChI is InChI=1S/C14H21N3O2/c1-10(2)8-12-5-6-13(16-15-12)17-7-3-4-11(9-17)14(18)19/h5-6,10-11H,3-4,7-9H2,1-2H3,(H,18,19). The van der Waals surface area contributed by atoms with E-state index in [1.54, 1.807) is 0 Å². The third-order valence-electron chi connectivity index (χ3n) is 3.42. The lowest BCUT2D eigenvalue weighted by molar-refractivity contribution is -0.141. The minimum atomic E-state index is -0.714. The number of aromatic nitrogens is 2. The Morgan fingerprint density at radius 1 is 1.47 bits per heavy atom. The van der Waals surface area contributed by atoms with Crippen LogP contribution in [0.2, 0.25) is 0 Å². The highest BCUT2D eigenvalue weighted by molar-refractivity contribution is 5.71. The van der Waals surface area contributed by atoms with Crippen molar-refractivity contribution in [3.8, 4) is 0 Å². The molecule has 1 aliphatic rings. The minimum Gasteiger partial charge on any atom is -0.481 e. The Kier molecular flexibility index (Phi) is 4.35. The molecule has 104 valence electrons. The first kappa shape index (κ1) is 13.8. The van der Waals surface area contributed by atoms with Crippen molar-refractivity contribution in [2.45, 2.75) is 33.1 Å². The van der Waals surface area contributed by atoms with Crippen molar-refractivity contribution in [1.29, 1.82) is 0 Å². The molecule has 0 spiro atoms. The van der Waals surface area contributed by atoms with Crippen LogP contribution in [0.5, 0.6) is 0 Å². The summed E-state index contributed by atoms with van der Waals surface area (Å²) in [4.78, 5) is 13.1. The van der Waals surface area contributed by atoms with Gasteiger partial charge in [-0.3, -0.25) is 4.79 Å². The zero-order valence-corrected chi connectivity index (χ0v) is 11.5. The maximum absolute atomic E-state index is 11.0. The summed E-state index contributed by atoms with van der Waals surface area (Å²) in [6.07, 6.45) is 2.57. The van der Waals surface area contributed by atoms with Gasteiger partial charge in [0, 0.05) is 13.1 Å². The topological polar surface area (TPSA) is 66.3 Å². The van der Waals surface area contributed by atoms with Gasteiger partial charge in [-0.25, -0.2) is 0 Å². The normalized spacial score (nSPS) is 19.7. The molecule has 0 saturated carbocycles. The zero-order valence-electron chi connectivity index (χ0n) is 11.5. The average Bonchev–Trinajstić information content (AvgIpc) is 2.39. The number of aliphatic carboxylic acids is 1. The van der Waals surface area contributed by atoms with E-state index in [-0.39, 0.29) is 5.92 Å². The van der Waals surface area contributed by atoms with E-state index in [1.807, 2.05) is 17.0 Å². The molecule has 2 heterocycles. The van der Waals surface area contributed by atoms with E-state index in [0.29, 0.717) is 12.5 Å². The summed E-state index contributed by atoms with van der Waals surface area (Å²) in [6, 6.07) is 3.95. The molecular weight excluding hydrogens is 242 g/mol. The lowest BCUT2D eigenvalue weighted by Gasteiger charge is -2.31. The van der Waals surface area contributed by atoms with Gasteiger partial charge in [0.25, 0.3) is 0 Å². The number of carboxylic acid groups (broad SMARTS) is 1. The molecule has 0 aromatic carbocycles. The number of piperidine rings is 1. The van der Waals surface area contributed by atoms with Gasteiger partial charge < -0.3 is 10.0 Å². The van der Waals surface area contributed by atoms with Crippen LogP contribution in [0, 0.1) is 11.8 Å². The molecule has 0 radical (unpaired) electrons. The van der Waals surface area contributed by atoms with E-state index >= 15 is 0 Å². The van der Waals surface area contributed by atoms with Crippen molar-refractivity contribution >= 4 is 11.8 Å². The van der Waals surface area contributed by atoms with Crippen molar-refractivity contribution in [3.05, 3.63) is 17.8 Å². The second-order valence-corrected chi connectivity index (χ2v) is 5.60. The lowest BCUT2D eigenvalue weighted by atomic mass is 9.98. The lowest BCUT2D eigenvalue weighted by Crippen LogP contribution is -2.39. The van der Waals surface area contributed by atoms with Gasteiger partial charge >= 0.3 is 5.97 Å². The van der Waals surface area contributed by atoms with Crippen LogP contribution in [-0.4, -0.2) is 34.4 Å². The quantitative estimate of drug-likeness (QED) is 0.899. The molecule has 2 rings (SSSR count). The molecule has 1 N–H and O–H groups in total. The van der Waals surface area contributed by atoms with Crippen LogP contribution in [-0.2, 0) is 11.2 Å². The Bertz CT molecular complexity index is 431. The summed E-state index contributed by atoms with van der Waals surface area (Å²) in [5.74, 6) is 0.352. The first-order valence-corrected chi connectivity index (χ1v) is 6.86. The van der Waals surface area contributed by atoms with Gasteiger partial charge in [0.2, 0.25) is 0 Å². The van der Waals surface area contributed by atoms with E-state index in [1.165, 1.54) is 0 Å². The Morgan fingerprint density at radius 3 is 2.84 bits per heavy atom. The fourth-order valence-corrected chi connectivity index (χ4v) is 2.44. The molecule has 1 saturated heterocycles. The second kappa shape index (κ2) is 5.99. The highest BCUT2D eigenvalue weighted by Crippen LogP contribution is 2.21. The number of hydrogen-bond acceptors (Lipinski definition) is 4. The SMILES string of the molecule is CC(C)Cc1ccc(N2CCCC(C(=O)O)C2)nn1. The van der Waals surface area contributed by atoms with Crippen molar-refractivity contribution in [3.63, 3.8) is 0 Å². The van der Waals surface area contributed by atoms with Crippen molar-refractivity contribution in [1.82, 2.24) is 10.2 Å². The molecule has 5 heteroatoms. The Labute approximate surface area is 113 Å². The Hall–Kier alpha value is -1.65. The van der Waals surface area contributed by atoms with Crippen LogP contribution < -0.4 is 4.90 Å². The molecule has 0 aliphatic carbocycles. The highest BCUT2D eigenvalue weighted by Gasteiger charge is 2.26. The maximum Gasteiger partial charge on any atom is 0.308 e. The van der Waals surface area contributed by atoms with E-state index in [2.05, 4.69) is 24.0 Å². The molecule has 0 bridgehead atoms. The summed E-state index contributed by atoms with van der Waals surface area (Å²) < 4.78 is 0. The number of carbonyl (C=O) groups is 1. The van der Waals surface area contributed by atoms with Crippen LogP contribution >= 0.6 is 0 Å². The van der Waals surface area contributed by atoms with Crippen LogP contribution in [0.25, 0.3) is 0 Å². The molecular formula is C14H21N3O2. The van der Waals surface area contributed by atoms with Crippen LogP contribution in [0.15, 0.2) is 12.1 Å². The number of nitrogens with zero attached hydrogens (tertiary/aromatic N) is 3. The minimum absolute atomic E-state index is 0.286. The van der Waals surface area contributed by atoms with E-state index in [9.17, 15) is 4.79 Å². The highest BCUT2D eigenvalue weighted by atomic mass is 16.4. The summed E-state index contributed by atoms with van der Waals surface area (Å²) in [5, 5.41) is 17.5. The van der Waals surface area contributed by atoms with Crippen molar-refractivity contribution < 1.29 is 9.90 Å². The largest absolute Gasteiger partial charge is 0.481 e. The molecule has 1 aliphatic heterocycles. The molecule has 1 unspecified atom stereocenters. The third-order valence-corrected chi connectivity index (χ3v) is 3.42. The molecule has 0 amide bonds. The van der Waals surface area contributed by atoms with Gasteiger partial charge in [0.05, 0.1) is 11.6 Å². The summed E-state index contributed by atoms with van der Waals surface area (Å²) in [6.45, 7) is 5.70. The number of carboxylic acids is 1. The molecule has 1 aromatic rings. The zero-order chi connectivity index (χ0) is 13.8. The average molecular weight is 263 g/mol. The van der Waals surface area contributed by atoms with E-state index < -0.39 is 5.97 Å². The van der Waals surface area contributed by atoms with Crippen molar-refractivity contribution in [2.24, 2.45) is 11.8 Å². The van der Waals surface area contributed by atoms with E-state index in [0.717, 1.165) is 37.3 Å². The van der Waals surface area contributed by atoms with Gasteiger partial charge in [-0.1, -0.05) is 13.8 Å². The first-order valence-electron chi connectivity index (χ1n) is 6.86. The molecule has 1 aromatic heterocycles. The number of hydrogen-bond donors (Lipinski definition) is 1. The predicted molar refractivity (Wildman–Crippen MR) is 73.1 cm³/mol. The smallest absolute Gasteiger partial charge is 0.308 e. The van der Waals surface area contributed by atoms with Gasteiger partial charge in [-0.15, -0.1) is 5.10 Å². The number of anilines is 1. The number of rotatable bonds is 4. The molecule has 1 fully saturated rings. The van der Waals surface area contributed by atoms with Gasteiger partial charge in [0.15, 0.2) is 5.82 Å². The fraction of sp³-hybridized carbons (Fsp3) is 0.643. The first-order chi connectivity index (χ1) is 9.06. The summed E-state index contributed by atoms with van der Waals surface area (Å²) in [5.41, 5.74) is 0.991. The Morgan fingerprint density at radius 2 is 2.26 bits per heavy atom. The van der Waals surface area contributed by atoms with Crippen LogP contribution in [0.1, 0.15) is 32.4 Å². The van der Waals surface area contributed by atoms with Gasteiger partial charge in [-0.2, -0.15) is 5.10 Å². The second-order valence-electron chi connectivity index (χ2n) is 5.60. The molecule has 19 heavy (non-hydrogen) atoms. The van der Waals surface area contributed by atoms with Gasteiger partial charge in [-0.05, 0) is 37.3 Å². The van der Waals surface area contributed by atoms with Crippen LogP contribution in [0.4, 0.5) is 5.82 Å². The van der Waals surface area contributed by atoms with Crippen molar-refractivity contribution in [2.75, 3.05) is 18.0 Å². The van der Waals surface area contributed by atoms with Crippen LogP contribution in [0.3, 0.4) is 0 Å². The predicted octanol–water partition coefficient (Wildman–Crippen LogP) is 1.98. The monoisotopic (exact) mass is 263 g/mol. The maximum atomic E-state index is 11.0. The summed E-state index contributed by atoms with van der Waals surface area (Å²) in [7, 11) is 0. The molecule has 5 nitrogen and oxygen atoms in total. The summed E-state index contributed by atoms with van der Waals surface area (Å²) >= 11 is 0.